The second-order valence-corrected chi connectivity index (χ2v) is 13.9. The quantitative estimate of drug-likeness (QED) is 0.178. The highest BCUT2D eigenvalue weighted by Gasteiger charge is 2.25. The van der Waals surface area contributed by atoms with E-state index in [1.165, 1.54) is 10.6 Å². The van der Waals surface area contributed by atoms with E-state index in [0.717, 1.165) is 34.3 Å². The van der Waals surface area contributed by atoms with Crippen LogP contribution in [0.1, 0.15) is 18.1 Å². The molecule has 0 unspecified atom stereocenters. The number of fused-ring (bicyclic) bond motifs is 1. The molecule has 2 aromatic heterocycles. The summed E-state index contributed by atoms with van der Waals surface area (Å²) < 4.78 is 57.9. The van der Waals surface area contributed by atoms with E-state index in [1.807, 2.05) is 4.90 Å². The van der Waals surface area contributed by atoms with Crippen molar-refractivity contribution in [3.05, 3.63) is 116 Å². The molecule has 0 bridgehead atoms. The number of hydrogen-bond acceptors (Lipinski definition) is 7. The number of likely N-dealkylation sites (N-methyl/N-ethyl adjacent to an activating group) is 1. The third kappa shape index (κ3) is 7.71. The van der Waals surface area contributed by atoms with Gasteiger partial charge in [0.15, 0.2) is 0 Å². The number of nitrogens with zero attached hydrogens (tertiary/aromatic N) is 3. The summed E-state index contributed by atoms with van der Waals surface area (Å²) >= 11 is 1.13. The Hall–Kier alpha value is -4.70. The average Bonchev–Trinajstić information content (AvgIpc) is 3.40. The SMILES string of the molecule is CCNC(=O)Nc1ccc(-c2sc3c(c2CN(C)CCNS(C)(=O)=O)c(=O)n(-c2ccccc2)c(=O)n3Cc2c(F)cccc2F)cc1. The molecule has 5 aromatic rings. The molecule has 5 rings (SSSR count). The minimum Gasteiger partial charge on any atom is -0.338 e. The number of benzene rings is 3. The summed E-state index contributed by atoms with van der Waals surface area (Å²) in [6.07, 6.45) is 1.06. The molecule has 0 fully saturated rings. The normalized spacial score (nSPS) is 11.7. The minimum absolute atomic E-state index is 0.110. The maximum Gasteiger partial charge on any atom is 0.337 e. The molecule has 3 N–H and O–H groups in total. The predicted octanol–water partition coefficient (Wildman–Crippen LogP) is 4.33. The van der Waals surface area contributed by atoms with Crippen LogP contribution in [-0.2, 0) is 23.1 Å². The van der Waals surface area contributed by atoms with Crippen LogP contribution in [0.3, 0.4) is 0 Å². The lowest BCUT2D eigenvalue weighted by atomic mass is 10.1. The Morgan fingerprint density at radius 3 is 2.23 bits per heavy atom. The molecule has 0 aliphatic carbocycles. The number of sulfonamides is 1. The fourth-order valence-corrected chi connectivity index (χ4v) is 7.01. The number of halogens is 2. The van der Waals surface area contributed by atoms with Crippen molar-refractivity contribution in [3.63, 3.8) is 0 Å². The Bertz CT molecular complexity index is 2160. The number of carbonyl (C=O) groups excluding carboxylic acids is 1. The van der Waals surface area contributed by atoms with Crippen molar-refractivity contribution in [1.82, 2.24) is 24.1 Å². The van der Waals surface area contributed by atoms with Crippen LogP contribution in [0.25, 0.3) is 26.3 Å². The summed E-state index contributed by atoms with van der Waals surface area (Å²) in [5.41, 5.74) is 0.294. The first-order valence-electron chi connectivity index (χ1n) is 15.0. The summed E-state index contributed by atoms with van der Waals surface area (Å²) in [6, 6.07) is 18.3. The van der Waals surface area contributed by atoms with Crippen LogP contribution in [0.15, 0.2) is 82.4 Å². The van der Waals surface area contributed by atoms with Gasteiger partial charge in [-0.2, -0.15) is 0 Å². The van der Waals surface area contributed by atoms with Crippen molar-refractivity contribution >= 4 is 43.3 Å². The molecule has 0 atom stereocenters. The van der Waals surface area contributed by atoms with Gasteiger partial charge >= 0.3 is 11.7 Å². The van der Waals surface area contributed by atoms with E-state index in [1.54, 1.807) is 68.6 Å². The number of para-hydroxylation sites is 1. The number of urea groups is 1. The topological polar surface area (TPSA) is 135 Å². The maximum atomic E-state index is 15.0. The van der Waals surface area contributed by atoms with Gasteiger partial charge < -0.3 is 15.5 Å². The fraction of sp³-hybridized carbons (Fsp3) is 0.242. The Morgan fingerprint density at radius 2 is 1.60 bits per heavy atom. The van der Waals surface area contributed by atoms with E-state index in [0.29, 0.717) is 28.2 Å². The minimum atomic E-state index is -3.44. The Labute approximate surface area is 279 Å². The first kappa shape index (κ1) is 34.6. The van der Waals surface area contributed by atoms with Gasteiger partial charge in [0.1, 0.15) is 16.5 Å². The zero-order chi connectivity index (χ0) is 34.6. The standard InChI is InChI=1S/C33H34F2N6O5S2/c1-4-36-32(43)38-22-15-13-21(14-16-22)29-25(19-39(2)18-17-37-48(3,45)46)28-30(42)41(23-9-6-5-7-10-23)33(44)40(31(28)47-29)20-24-26(34)11-8-12-27(24)35/h5-16,37H,4,17-20H2,1-3H3,(H2,36,38,43). The van der Waals surface area contributed by atoms with Gasteiger partial charge in [0.05, 0.1) is 23.9 Å². The van der Waals surface area contributed by atoms with Crippen LogP contribution in [0, 0.1) is 11.6 Å². The number of nitrogens with one attached hydrogen (secondary N) is 3. The number of rotatable bonds is 12. The molecule has 2 heterocycles. The van der Waals surface area contributed by atoms with Crippen LogP contribution in [0.5, 0.6) is 0 Å². The van der Waals surface area contributed by atoms with Gasteiger partial charge in [-0.15, -0.1) is 11.3 Å². The fourth-order valence-electron chi connectivity index (χ4n) is 5.25. The zero-order valence-electron chi connectivity index (χ0n) is 26.4. The van der Waals surface area contributed by atoms with Gasteiger partial charge in [-0.1, -0.05) is 36.4 Å². The number of hydrogen-bond donors (Lipinski definition) is 3. The molecular formula is C33H34F2N6O5S2. The lowest BCUT2D eigenvalue weighted by Gasteiger charge is -2.18. The van der Waals surface area contributed by atoms with Gasteiger partial charge in [-0.05, 0) is 61.5 Å². The highest BCUT2D eigenvalue weighted by atomic mass is 32.2. The smallest absolute Gasteiger partial charge is 0.337 e. The Morgan fingerprint density at radius 1 is 0.938 bits per heavy atom. The summed E-state index contributed by atoms with van der Waals surface area (Å²) in [6.45, 7) is 2.32. The molecular weight excluding hydrogens is 663 g/mol. The van der Waals surface area contributed by atoms with Gasteiger partial charge in [0.25, 0.3) is 5.56 Å². The van der Waals surface area contributed by atoms with Crippen LogP contribution in [0.4, 0.5) is 19.3 Å². The lowest BCUT2D eigenvalue weighted by molar-refractivity contribution is 0.252. The molecule has 0 radical (unpaired) electrons. The first-order valence-corrected chi connectivity index (χ1v) is 17.7. The average molecular weight is 697 g/mol. The second kappa shape index (κ2) is 14.6. The molecule has 252 valence electrons. The van der Waals surface area contributed by atoms with Crippen LogP contribution >= 0.6 is 11.3 Å². The van der Waals surface area contributed by atoms with Crippen LogP contribution < -0.4 is 26.6 Å². The summed E-state index contributed by atoms with van der Waals surface area (Å²) in [4.78, 5) is 43.2. The van der Waals surface area contributed by atoms with Gasteiger partial charge in [-0.3, -0.25) is 9.36 Å². The van der Waals surface area contributed by atoms with Crippen molar-refractivity contribution in [2.24, 2.45) is 0 Å². The number of amides is 2. The summed E-state index contributed by atoms with van der Waals surface area (Å²) in [7, 11) is -1.68. The molecule has 3 aromatic carbocycles. The molecule has 0 spiro atoms. The van der Waals surface area contributed by atoms with Crippen molar-refractivity contribution < 1.29 is 22.0 Å². The lowest BCUT2D eigenvalue weighted by Crippen LogP contribution is -2.39. The maximum absolute atomic E-state index is 15.0. The van der Waals surface area contributed by atoms with Gasteiger partial charge in [0.2, 0.25) is 10.0 Å². The number of carbonyl (C=O) groups is 1. The molecule has 11 nitrogen and oxygen atoms in total. The Kier molecular flexibility index (Phi) is 10.5. The van der Waals surface area contributed by atoms with Gasteiger partial charge in [-0.25, -0.2) is 36.1 Å². The highest BCUT2D eigenvalue weighted by Crippen LogP contribution is 2.38. The number of thiophene rings is 1. The van der Waals surface area contributed by atoms with E-state index in [9.17, 15) is 31.6 Å². The van der Waals surface area contributed by atoms with E-state index >= 15 is 0 Å². The molecule has 2 amide bonds. The summed E-state index contributed by atoms with van der Waals surface area (Å²) in [5, 5.41) is 5.58. The number of aromatic nitrogens is 2. The summed E-state index contributed by atoms with van der Waals surface area (Å²) in [5.74, 6) is -1.67. The Balaban J connectivity index is 1.74. The molecule has 0 saturated heterocycles. The van der Waals surface area contributed by atoms with Crippen molar-refractivity contribution in [1.29, 1.82) is 0 Å². The molecule has 0 aliphatic rings. The van der Waals surface area contributed by atoms with Crippen molar-refractivity contribution in [2.45, 2.75) is 20.0 Å². The first-order chi connectivity index (χ1) is 22.9. The third-order valence-electron chi connectivity index (χ3n) is 7.49. The predicted molar refractivity (Wildman–Crippen MR) is 184 cm³/mol. The third-order valence-corrected chi connectivity index (χ3v) is 9.53. The van der Waals surface area contributed by atoms with Crippen LogP contribution in [0.2, 0.25) is 0 Å². The van der Waals surface area contributed by atoms with Crippen LogP contribution in [-0.4, -0.2) is 61.4 Å². The monoisotopic (exact) mass is 696 g/mol. The second-order valence-electron chi connectivity index (χ2n) is 11.1. The van der Waals surface area contributed by atoms with Crippen molar-refractivity contribution in [3.8, 4) is 16.1 Å². The van der Waals surface area contributed by atoms with E-state index in [2.05, 4.69) is 15.4 Å². The highest BCUT2D eigenvalue weighted by molar-refractivity contribution is 7.88. The van der Waals surface area contributed by atoms with Gasteiger partial charge in [0, 0.05) is 42.3 Å². The zero-order valence-corrected chi connectivity index (χ0v) is 28.1. The van der Waals surface area contributed by atoms with E-state index in [-0.39, 0.29) is 47.1 Å². The molecule has 0 saturated carbocycles. The van der Waals surface area contributed by atoms with Crippen molar-refractivity contribution in [2.75, 3.05) is 38.3 Å². The molecule has 15 heteroatoms. The van der Waals surface area contributed by atoms with E-state index < -0.39 is 39.5 Å². The molecule has 48 heavy (non-hydrogen) atoms. The molecule has 0 aliphatic heterocycles. The van der Waals surface area contributed by atoms with E-state index in [4.69, 9.17) is 0 Å². The number of anilines is 1. The largest absolute Gasteiger partial charge is 0.338 e.